The van der Waals surface area contributed by atoms with Gasteiger partial charge in [-0.2, -0.15) is 0 Å². The molecule has 0 saturated heterocycles. The van der Waals surface area contributed by atoms with Crippen molar-refractivity contribution < 1.29 is 14.3 Å². The van der Waals surface area contributed by atoms with Crippen molar-refractivity contribution in [2.45, 2.75) is 27.2 Å². The van der Waals surface area contributed by atoms with E-state index >= 15 is 0 Å². The predicted octanol–water partition coefficient (Wildman–Crippen LogP) is 0.484. The lowest BCUT2D eigenvalue weighted by Gasteiger charge is -2.17. The molecule has 0 heterocycles. The van der Waals surface area contributed by atoms with Gasteiger partial charge < -0.3 is 20.7 Å². The summed E-state index contributed by atoms with van der Waals surface area (Å²) in [5, 5.41) is 7.83. The molecule has 0 bridgehead atoms. The van der Waals surface area contributed by atoms with Crippen molar-refractivity contribution in [2.24, 2.45) is 5.41 Å². The van der Waals surface area contributed by atoms with E-state index < -0.39 is 0 Å². The van der Waals surface area contributed by atoms with Crippen LogP contribution in [-0.2, 0) is 9.53 Å². The number of carbonyl (C=O) groups excluding carboxylic acids is 2. The standard InChI is InChI=1S/C12H25N3O3/c1-12(2,3)9-10(16)14-5-7-18-8-6-15-11(17)13-4/h5-9H2,1-4H3,(H,14,16)(H2,13,15,17). The van der Waals surface area contributed by atoms with Crippen LogP contribution in [-0.4, -0.2) is 45.3 Å². The number of hydrogen-bond acceptors (Lipinski definition) is 3. The summed E-state index contributed by atoms with van der Waals surface area (Å²) in [4.78, 5) is 22.2. The number of carbonyl (C=O) groups is 2. The van der Waals surface area contributed by atoms with Crippen LogP contribution in [0.15, 0.2) is 0 Å². The Morgan fingerprint density at radius 1 is 1.06 bits per heavy atom. The summed E-state index contributed by atoms with van der Waals surface area (Å²) in [5.41, 5.74) is 0.00236. The minimum absolute atomic E-state index is 0.00236. The molecule has 0 fully saturated rings. The molecule has 0 aliphatic carbocycles. The number of urea groups is 1. The van der Waals surface area contributed by atoms with E-state index in [1.165, 1.54) is 0 Å². The molecule has 0 aromatic carbocycles. The summed E-state index contributed by atoms with van der Waals surface area (Å²) < 4.78 is 5.25. The normalized spacial score (nSPS) is 10.9. The van der Waals surface area contributed by atoms with Crippen LogP contribution in [0.2, 0.25) is 0 Å². The Labute approximate surface area is 109 Å². The van der Waals surface area contributed by atoms with Crippen LogP contribution >= 0.6 is 0 Å². The average Bonchev–Trinajstić information content (AvgIpc) is 2.25. The number of amides is 3. The first-order valence-corrected chi connectivity index (χ1v) is 6.15. The largest absolute Gasteiger partial charge is 0.378 e. The molecular weight excluding hydrogens is 234 g/mol. The minimum atomic E-state index is -0.225. The van der Waals surface area contributed by atoms with Gasteiger partial charge in [-0.05, 0) is 5.41 Å². The fourth-order valence-electron chi connectivity index (χ4n) is 1.23. The molecule has 0 unspecified atom stereocenters. The predicted molar refractivity (Wildman–Crippen MR) is 70.4 cm³/mol. The van der Waals surface area contributed by atoms with E-state index in [1.54, 1.807) is 7.05 Å². The molecular formula is C12H25N3O3. The first-order valence-electron chi connectivity index (χ1n) is 6.15. The van der Waals surface area contributed by atoms with Crippen LogP contribution in [0.25, 0.3) is 0 Å². The third-order valence-corrected chi connectivity index (χ3v) is 2.02. The molecule has 0 radical (unpaired) electrons. The zero-order valence-corrected chi connectivity index (χ0v) is 11.8. The van der Waals surface area contributed by atoms with Crippen LogP contribution in [0.1, 0.15) is 27.2 Å². The van der Waals surface area contributed by atoms with Gasteiger partial charge in [0.25, 0.3) is 0 Å². The Balaban J connectivity index is 3.35. The van der Waals surface area contributed by atoms with Crippen molar-refractivity contribution >= 4 is 11.9 Å². The lowest BCUT2D eigenvalue weighted by molar-refractivity contribution is -0.123. The molecule has 0 aromatic rings. The van der Waals surface area contributed by atoms with Gasteiger partial charge in [0.05, 0.1) is 13.2 Å². The van der Waals surface area contributed by atoms with Crippen LogP contribution in [0, 0.1) is 5.41 Å². The highest BCUT2D eigenvalue weighted by atomic mass is 16.5. The monoisotopic (exact) mass is 259 g/mol. The van der Waals surface area contributed by atoms with E-state index in [1.807, 2.05) is 20.8 Å². The van der Waals surface area contributed by atoms with E-state index in [0.717, 1.165) is 0 Å². The molecule has 6 nitrogen and oxygen atoms in total. The summed E-state index contributed by atoms with van der Waals surface area (Å²) in [6.07, 6.45) is 0.505. The van der Waals surface area contributed by atoms with Gasteiger partial charge in [0, 0.05) is 26.6 Å². The number of rotatable bonds is 7. The molecule has 6 heteroatoms. The van der Waals surface area contributed by atoms with E-state index in [-0.39, 0.29) is 17.4 Å². The van der Waals surface area contributed by atoms with Gasteiger partial charge in [-0.15, -0.1) is 0 Å². The Bertz CT molecular complexity index is 262. The third-order valence-electron chi connectivity index (χ3n) is 2.02. The van der Waals surface area contributed by atoms with Crippen molar-refractivity contribution in [1.29, 1.82) is 0 Å². The van der Waals surface area contributed by atoms with Crippen LogP contribution in [0.4, 0.5) is 4.79 Å². The highest BCUT2D eigenvalue weighted by Crippen LogP contribution is 2.17. The SMILES string of the molecule is CNC(=O)NCCOCCNC(=O)CC(C)(C)C. The summed E-state index contributed by atoms with van der Waals surface area (Å²) in [7, 11) is 1.56. The molecule has 0 saturated carbocycles. The Kier molecular flexibility index (Phi) is 8.11. The maximum Gasteiger partial charge on any atom is 0.314 e. The summed E-state index contributed by atoms with van der Waals surface area (Å²) in [6, 6.07) is -0.225. The second-order valence-electron chi connectivity index (χ2n) is 5.21. The van der Waals surface area contributed by atoms with Crippen molar-refractivity contribution in [3.63, 3.8) is 0 Å². The molecule has 18 heavy (non-hydrogen) atoms. The van der Waals surface area contributed by atoms with Gasteiger partial charge in [0.1, 0.15) is 0 Å². The van der Waals surface area contributed by atoms with Gasteiger partial charge in [0.2, 0.25) is 5.91 Å². The van der Waals surface area contributed by atoms with E-state index in [2.05, 4.69) is 16.0 Å². The maximum absolute atomic E-state index is 11.4. The van der Waals surface area contributed by atoms with Crippen molar-refractivity contribution in [1.82, 2.24) is 16.0 Å². The summed E-state index contributed by atoms with van der Waals surface area (Å²) in [5.74, 6) is 0.0367. The first-order chi connectivity index (χ1) is 8.35. The van der Waals surface area contributed by atoms with Gasteiger partial charge in [0.15, 0.2) is 0 Å². The molecule has 3 amide bonds. The van der Waals surface area contributed by atoms with E-state index in [0.29, 0.717) is 32.7 Å². The zero-order valence-electron chi connectivity index (χ0n) is 11.8. The van der Waals surface area contributed by atoms with Gasteiger partial charge in [-0.25, -0.2) is 4.79 Å². The molecule has 0 aliphatic heterocycles. The van der Waals surface area contributed by atoms with Gasteiger partial charge >= 0.3 is 6.03 Å². The molecule has 0 aromatic heterocycles. The van der Waals surface area contributed by atoms with Crippen LogP contribution in [0.5, 0.6) is 0 Å². The highest BCUT2D eigenvalue weighted by molar-refractivity contribution is 5.76. The quantitative estimate of drug-likeness (QED) is 0.582. The molecule has 106 valence electrons. The third kappa shape index (κ3) is 11.2. The Morgan fingerprint density at radius 2 is 1.61 bits per heavy atom. The maximum atomic E-state index is 11.4. The number of hydrogen-bond donors (Lipinski definition) is 3. The summed E-state index contributed by atoms with van der Waals surface area (Å²) >= 11 is 0. The van der Waals surface area contributed by atoms with Gasteiger partial charge in [-0.3, -0.25) is 4.79 Å². The molecule has 0 aliphatic rings. The second kappa shape index (κ2) is 8.74. The van der Waals surface area contributed by atoms with Crippen molar-refractivity contribution in [3.05, 3.63) is 0 Å². The van der Waals surface area contributed by atoms with Crippen molar-refractivity contribution in [2.75, 3.05) is 33.4 Å². The van der Waals surface area contributed by atoms with Crippen LogP contribution < -0.4 is 16.0 Å². The van der Waals surface area contributed by atoms with Crippen molar-refractivity contribution in [3.8, 4) is 0 Å². The van der Waals surface area contributed by atoms with E-state index in [4.69, 9.17) is 4.74 Å². The Morgan fingerprint density at radius 3 is 2.11 bits per heavy atom. The molecule has 0 rings (SSSR count). The number of ether oxygens (including phenoxy) is 1. The number of nitrogens with one attached hydrogen (secondary N) is 3. The minimum Gasteiger partial charge on any atom is -0.378 e. The lowest BCUT2D eigenvalue weighted by atomic mass is 9.92. The molecule has 3 N–H and O–H groups in total. The fourth-order valence-corrected chi connectivity index (χ4v) is 1.23. The zero-order chi connectivity index (χ0) is 14.0. The fraction of sp³-hybridized carbons (Fsp3) is 0.833. The smallest absolute Gasteiger partial charge is 0.314 e. The Hall–Kier alpha value is -1.30. The second-order valence-corrected chi connectivity index (χ2v) is 5.21. The summed E-state index contributed by atoms with van der Waals surface area (Å²) in [6.45, 7) is 7.90. The molecule has 0 atom stereocenters. The average molecular weight is 259 g/mol. The van der Waals surface area contributed by atoms with E-state index in [9.17, 15) is 9.59 Å². The topological polar surface area (TPSA) is 79.5 Å². The van der Waals surface area contributed by atoms with Crippen LogP contribution in [0.3, 0.4) is 0 Å². The molecule has 0 spiro atoms. The van der Waals surface area contributed by atoms with Gasteiger partial charge in [-0.1, -0.05) is 20.8 Å². The highest BCUT2D eigenvalue weighted by Gasteiger charge is 2.15. The lowest BCUT2D eigenvalue weighted by Crippen LogP contribution is -2.35. The first kappa shape index (κ1) is 16.7.